The summed E-state index contributed by atoms with van der Waals surface area (Å²) in [6, 6.07) is 27.0. The molecule has 50 heavy (non-hydrogen) atoms. The topological polar surface area (TPSA) is 42.6 Å². The summed E-state index contributed by atoms with van der Waals surface area (Å²) in [4.78, 5) is 5.19. The Balaban J connectivity index is 1.19. The molecule has 0 bridgehead atoms. The first-order valence-electron chi connectivity index (χ1n) is 19.2. The molecular weight excluding hydrogens is 611 g/mol. The minimum atomic E-state index is 0.132. The maximum atomic E-state index is 4.22. The number of hydrogen-bond acceptors (Lipinski definition) is 5. The number of likely N-dealkylation sites (tertiary alicyclic amines) is 1. The number of aryl methyl sites for hydroxylation is 2. The van der Waals surface area contributed by atoms with Gasteiger partial charge in [0.2, 0.25) is 0 Å². The van der Waals surface area contributed by atoms with Gasteiger partial charge in [-0.15, -0.1) is 0 Å². The van der Waals surface area contributed by atoms with E-state index in [0.717, 1.165) is 70.3 Å². The van der Waals surface area contributed by atoms with Gasteiger partial charge in [-0.25, -0.2) is 0 Å². The van der Waals surface area contributed by atoms with Crippen LogP contribution in [0.1, 0.15) is 87.1 Å². The Morgan fingerprint density at radius 1 is 0.880 bits per heavy atom. The first kappa shape index (κ1) is 37.3. The lowest BCUT2D eigenvalue weighted by molar-refractivity contribution is 0.189. The van der Waals surface area contributed by atoms with E-state index in [1.807, 2.05) is 14.1 Å². The van der Waals surface area contributed by atoms with Gasteiger partial charge in [-0.2, -0.15) is 0 Å². The van der Waals surface area contributed by atoms with Crippen molar-refractivity contribution >= 4 is 16.8 Å². The van der Waals surface area contributed by atoms with Gasteiger partial charge in [0.1, 0.15) is 5.82 Å². The van der Waals surface area contributed by atoms with Crippen molar-refractivity contribution < 1.29 is 0 Å². The molecule has 2 heterocycles. The van der Waals surface area contributed by atoms with Gasteiger partial charge in [-0.05, 0) is 123 Å². The van der Waals surface area contributed by atoms with Crippen molar-refractivity contribution in [3.63, 3.8) is 0 Å². The summed E-state index contributed by atoms with van der Waals surface area (Å²) < 4.78 is 0. The Morgan fingerprint density at radius 3 is 2.20 bits per heavy atom. The summed E-state index contributed by atoms with van der Waals surface area (Å²) in [5.74, 6) is 1.86. The minimum Gasteiger partial charge on any atom is -0.373 e. The Hall–Kier alpha value is -3.96. The second kappa shape index (κ2) is 17.8. The summed E-state index contributed by atoms with van der Waals surface area (Å²) in [5, 5.41) is 10.9. The zero-order valence-electron chi connectivity index (χ0n) is 31.9. The molecule has 3 aromatic rings. The molecule has 0 aromatic heterocycles. The zero-order chi connectivity index (χ0) is 35.5. The Morgan fingerprint density at radius 2 is 1.56 bits per heavy atom. The van der Waals surface area contributed by atoms with Crippen molar-refractivity contribution in [3.8, 4) is 0 Å². The molecule has 0 radical (unpaired) electrons. The fourth-order valence-corrected chi connectivity index (χ4v) is 8.32. The number of rotatable bonds is 15. The van der Waals surface area contributed by atoms with Gasteiger partial charge in [-0.3, -0.25) is 0 Å². The number of anilines is 1. The van der Waals surface area contributed by atoms with E-state index < -0.39 is 0 Å². The van der Waals surface area contributed by atoms with Crippen LogP contribution < -0.4 is 20.9 Å². The van der Waals surface area contributed by atoms with Crippen LogP contribution in [0.15, 0.2) is 97.0 Å². The third-order valence-electron chi connectivity index (χ3n) is 11.4. The molecule has 2 saturated heterocycles. The van der Waals surface area contributed by atoms with Gasteiger partial charge in [-0.1, -0.05) is 86.2 Å². The first-order chi connectivity index (χ1) is 24.3. The highest BCUT2D eigenvalue weighted by molar-refractivity contribution is 5.69. The number of nitrogens with zero attached hydrogens (tertiary/aromatic N) is 2. The van der Waals surface area contributed by atoms with Gasteiger partial charge in [0.25, 0.3) is 0 Å². The quantitative estimate of drug-likeness (QED) is 0.111. The van der Waals surface area contributed by atoms with Crippen molar-refractivity contribution in [1.82, 2.24) is 20.9 Å². The number of hydrogen-bond donors (Lipinski definition) is 3. The van der Waals surface area contributed by atoms with Crippen LogP contribution in [-0.2, 0) is 11.8 Å². The van der Waals surface area contributed by atoms with Crippen LogP contribution in [-0.4, -0.2) is 58.3 Å². The third kappa shape index (κ3) is 9.03. The van der Waals surface area contributed by atoms with Crippen LogP contribution in [0.3, 0.4) is 0 Å². The van der Waals surface area contributed by atoms with E-state index in [0.29, 0.717) is 0 Å². The van der Waals surface area contributed by atoms with Crippen LogP contribution in [0.25, 0.3) is 11.1 Å². The average Bonchev–Trinajstić information content (AvgIpc) is 3.14. The molecule has 0 atom stereocenters. The first-order valence-corrected chi connectivity index (χ1v) is 19.2. The number of piperidine rings is 2. The summed E-state index contributed by atoms with van der Waals surface area (Å²) >= 11 is 0. The van der Waals surface area contributed by atoms with E-state index in [4.69, 9.17) is 0 Å². The fraction of sp³-hybridized carbons (Fsp3) is 0.467. The van der Waals surface area contributed by atoms with E-state index in [1.54, 1.807) is 0 Å². The molecule has 0 spiro atoms. The van der Waals surface area contributed by atoms with E-state index >= 15 is 0 Å². The van der Waals surface area contributed by atoms with Crippen molar-refractivity contribution in [2.45, 2.75) is 78.1 Å². The highest BCUT2D eigenvalue weighted by Crippen LogP contribution is 2.37. The predicted molar refractivity (Wildman–Crippen MR) is 216 cm³/mol. The monoisotopic (exact) mass is 674 g/mol. The molecule has 2 aliphatic rings. The number of benzene rings is 3. The molecule has 3 aromatic carbocycles. The van der Waals surface area contributed by atoms with Crippen molar-refractivity contribution in [2.75, 3.05) is 58.3 Å². The average molecular weight is 674 g/mol. The highest BCUT2D eigenvalue weighted by Gasteiger charge is 2.37. The van der Waals surface area contributed by atoms with Crippen molar-refractivity contribution in [3.05, 3.63) is 125 Å². The normalized spacial score (nSPS) is 16.6. The largest absolute Gasteiger partial charge is 0.373 e. The smallest absolute Gasteiger partial charge is 0.122 e. The lowest BCUT2D eigenvalue weighted by Gasteiger charge is -2.44. The van der Waals surface area contributed by atoms with Crippen LogP contribution in [0, 0.1) is 12.8 Å². The van der Waals surface area contributed by atoms with E-state index in [9.17, 15) is 0 Å². The van der Waals surface area contributed by atoms with Gasteiger partial charge in [0.15, 0.2) is 0 Å². The molecule has 0 amide bonds. The zero-order valence-corrected chi connectivity index (χ0v) is 31.9. The summed E-state index contributed by atoms with van der Waals surface area (Å²) in [7, 11) is 4.03. The Labute approximate surface area is 303 Å². The van der Waals surface area contributed by atoms with Crippen molar-refractivity contribution in [2.24, 2.45) is 5.92 Å². The minimum absolute atomic E-state index is 0.132. The van der Waals surface area contributed by atoms with Crippen LogP contribution in [0.5, 0.6) is 0 Å². The van der Waals surface area contributed by atoms with Crippen LogP contribution in [0.4, 0.5) is 5.69 Å². The van der Waals surface area contributed by atoms with Gasteiger partial charge in [0, 0.05) is 57.9 Å². The molecule has 2 fully saturated rings. The second-order valence-corrected chi connectivity index (χ2v) is 14.8. The highest BCUT2D eigenvalue weighted by atomic mass is 15.2. The molecule has 0 unspecified atom stereocenters. The SMILES string of the molecule is C=C(C)c1ccc(N2CCC(CCNCC3(c4ccccc4)CCN(C(/C=C(\C)c4ccccc4C)=C(NC)NC)CC3)CC2)cc1CCC. The summed E-state index contributed by atoms with van der Waals surface area (Å²) in [5.41, 5.74) is 12.1. The maximum Gasteiger partial charge on any atom is 0.122 e. The molecule has 5 rings (SSSR count). The van der Waals surface area contributed by atoms with Gasteiger partial charge >= 0.3 is 0 Å². The Kier molecular flexibility index (Phi) is 13.3. The fourth-order valence-electron chi connectivity index (χ4n) is 8.32. The van der Waals surface area contributed by atoms with Crippen LogP contribution >= 0.6 is 0 Å². The Bertz CT molecular complexity index is 1600. The molecule has 268 valence electrons. The van der Waals surface area contributed by atoms with Crippen LogP contribution in [0.2, 0.25) is 0 Å². The summed E-state index contributed by atoms with van der Waals surface area (Å²) in [6.07, 6.45) is 10.7. The summed E-state index contributed by atoms with van der Waals surface area (Å²) in [6.45, 7) is 19.5. The van der Waals surface area contributed by atoms with E-state index in [2.05, 4.69) is 139 Å². The molecule has 3 N–H and O–H groups in total. The van der Waals surface area contributed by atoms with E-state index in [1.165, 1.54) is 76.0 Å². The molecule has 0 aliphatic carbocycles. The molecule has 0 saturated carbocycles. The van der Waals surface area contributed by atoms with Gasteiger partial charge < -0.3 is 25.8 Å². The standard InChI is InChI=1S/C45H63N5/c1-8-14-38-32-40(19-20-41(38)34(2)3)49-27-22-37(23-28-49)21-26-48-33-45(39-16-10-9-11-17-39)24-29-50(30-25-45)43(44(46-6)47-7)31-36(5)42-18-13-12-15-35(42)4/h9-13,15-20,31-32,37,46-48H,2,8,14,21-30,33H2,1,3-7H3/b36-31+. The number of allylic oxidation sites excluding steroid dienone is 3. The van der Waals surface area contributed by atoms with E-state index in [-0.39, 0.29) is 5.41 Å². The molecule has 5 heteroatoms. The maximum absolute atomic E-state index is 4.22. The number of nitrogens with one attached hydrogen (secondary N) is 3. The van der Waals surface area contributed by atoms with Crippen molar-refractivity contribution in [1.29, 1.82) is 0 Å². The predicted octanol–water partition coefficient (Wildman–Crippen LogP) is 8.92. The molecule has 5 nitrogen and oxygen atoms in total. The molecule has 2 aliphatic heterocycles. The third-order valence-corrected chi connectivity index (χ3v) is 11.4. The molecular formula is C45H63N5. The van der Waals surface area contributed by atoms with Gasteiger partial charge in [0.05, 0.1) is 5.70 Å². The lowest BCUT2D eigenvalue weighted by atomic mass is 9.72. The second-order valence-electron chi connectivity index (χ2n) is 14.8. The lowest BCUT2D eigenvalue weighted by Crippen LogP contribution is -2.48.